The average Bonchev–Trinajstić information content (AvgIpc) is 2.91. The zero-order valence-corrected chi connectivity index (χ0v) is 20.7. The van der Waals surface area contributed by atoms with Crippen molar-refractivity contribution >= 4 is 33.4 Å². The molecule has 2 amide bonds. The van der Waals surface area contributed by atoms with Crippen molar-refractivity contribution in [2.45, 2.75) is 38.5 Å². The number of hydrogen-bond donors (Lipinski definition) is 2. The minimum atomic E-state index is 0.0804. The van der Waals surface area contributed by atoms with Crippen LogP contribution in [-0.4, -0.2) is 24.9 Å². The van der Waals surface area contributed by atoms with Crippen LogP contribution in [0, 0.1) is 11.8 Å². The number of fused-ring (bicyclic) bond motifs is 2. The van der Waals surface area contributed by atoms with Crippen molar-refractivity contribution in [1.29, 1.82) is 0 Å². The molecule has 2 N–H and O–H groups in total. The highest BCUT2D eigenvalue weighted by Crippen LogP contribution is 2.28. The first-order valence-electron chi connectivity index (χ1n) is 13.1. The van der Waals surface area contributed by atoms with Crippen molar-refractivity contribution in [3.8, 4) is 0 Å². The van der Waals surface area contributed by atoms with Gasteiger partial charge in [-0.2, -0.15) is 0 Å². The Balaban J connectivity index is 1.08. The fourth-order valence-electron chi connectivity index (χ4n) is 5.65. The zero-order chi connectivity index (χ0) is 24.7. The Hall–Kier alpha value is -3.66. The smallest absolute Gasteiger partial charge is 0.224 e. The molecule has 0 bridgehead atoms. The summed E-state index contributed by atoms with van der Waals surface area (Å²) in [6.45, 7) is 1.42. The summed E-state index contributed by atoms with van der Waals surface area (Å²) in [5, 5.41) is 11.0. The molecule has 1 saturated carbocycles. The lowest BCUT2D eigenvalue weighted by atomic mass is 9.81. The van der Waals surface area contributed by atoms with Gasteiger partial charge in [-0.05, 0) is 63.8 Å². The minimum Gasteiger partial charge on any atom is -0.356 e. The third-order valence-corrected chi connectivity index (χ3v) is 7.53. The van der Waals surface area contributed by atoms with E-state index in [-0.39, 0.29) is 11.8 Å². The van der Waals surface area contributed by atoms with Crippen LogP contribution in [0.2, 0.25) is 0 Å². The summed E-state index contributed by atoms with van der Waals surface area (Å²) in [5.74, 6) is 1.10. The fourth-order valence-corrected chi connectivity index (χ4v) is 5.65. The maximum atomic E-state index is 12.7. The number of carbonyl (C=O) groups excluding carboxylic acids is 2. The highest BCUT2D eigenvalue weighted by Gasteiger charge is 2.23. The molecule has 0 radical (unpaired) electrons. The van der Waals surface area contributed by atoms with Crippen LogP contribution >= 0.6 is 0 Å². The van der Waals surface area contributed by atoms with Gasteiger partial charge in [-0.1, -0.05) is 91.3 Å². The van der Waals surface area contributed by atoms with Gasteiger partial charge in [0.05, 0.1) is 12.8 Å². The monoisotopic (exact) mass is 478 g/mol. The lowest BCUT2D eigenvalue weighted by Gasteiger charge is -2.29. The molecule has 5 rings (SSSR count). The maximum Gasteiger partial charge on any atom is 0.224 e. The van der Waals surface area contributed by atoms with Crippen molar-refractivity contribution < 1.29 is 9.59 Å². The Kier molecular flexibility index (Phi) is 7.61. The first kappa shape index (κ1) is 24.1. The summed E-state index contributed by atoms with van der Waals surface area (Å²) >= 11 is 0. The van der Waals surface area contributed by atoms with E-state index < -0.39 is 0 Å². The van der Waals surface area contributed by atoms with Crippen molar-refractivity contribution in [2.75, 3.05) is 13.1 Å². The second-order valence-electron chi connectivity index (χ2n) is 10.1. The number of rotatable bonds is 8. The van der Waals surface area contributed by atoms with E-state index in [9.17, 15) is 9.59 Å². The number of amides is 2. The molecule has 4 aromatic carbocycles. The van der Waals surface area contributed by atoms with Crippen LogP contribution in [0.4, 0.5) is 0 Å². The van der Waals surface area contributed by atoms with Gasteiger partial charge in [-0.25, -0.2) is 0 Å². The van der Waals surface area contributed by atoms with Crippen molar-refractivity contribution in [2.24, 2.45) is 11.8 Å². The minimum absolute atomic E-state index is 0.0804. The molecule has 0 spiro atoms. The second kappa shape index (κ2) is 11.4. The van der Waals surface area contributed by atoms with Gasteiger partial charge >= 0.3 is 0 Å². The van der Waals surface area contributed by atoms with Crippen LogP contribution in [0.5, 0.6) is 0 Å². The van der Waals surface area contributed by atoms with Gasteiger partial charge in [0.15, 0.2) is 0 Å². The van der Waals surface area contributed by atoms with E-state index in [1.807, 2.05) is 48.5 Å². The van der Waals surface area contributed by atoms with Gasteiger partial charge in [-0.15, -0.1) is 0 Å². The highest BCUT2D eigenvalue weighted by molar-refractivity contribution is 5.91. The molecule has 36 heavy (non-hydrogen) atoms. The number of carbonyl (C=O) groups is 2. The molecule has 4 nitrogen and oxygen atoms in total. The summed E-state index contributed by atoms with van der Waals surface area (Å²) in [6, 6.07) is 28.7. The van der Waals surface area contributed by atoms with E-state index in [0.717, 1.165) is 47.6 Å². The number of hydrogen-bond acceptors (Lipinski definition) is 2. The summed E-state index contributed by atoms with van der Waals surface area (Å²) in [5.41, 5.74) is 2.14. The second-order valence-corrected chi connectivity index (χ2v) is 10.1. The Morgan fingerprint density at radius 3 is 1.56 bits per heavy atom. The van der Waals surface area contributed by atoms with Crippen LogP contribution in [0.15, 0.2) is 84.9 Å². The SMILES string of the molecule is O=C(Cc1cccc2ccccc12)NC[C@H]1CCC[C@@H](CNC(=O)Cc2cccc3ccccc23)C1. The maximum absolute atomic E-state index is 12.7. The lowest BCUT2D eigenvalue weighted by Crippen LogP contribution is -2.36. The Morgan fingerprint density at radius 2 is 1.06 bits per heavy atom. The first-order valence-corrected chi connectivity index (χ1v) is 13.1. The summed E-state index contributed by atoms with van der Waals surface area (Å²) in [6.07, 6.45) is 5.27. The van der Waals surface area contributed by atoms with E-state index in [1.54, 1.807) is 0 Å². The van der Waals surface area contributed by atoms with E-state index >= 15 is 0 Å². The molecule has 0 saturated heterocycles. The third-order valence-electron chi connectivity index (χ3n) is 7.53. The Morgan fingerprint density at radius 1 is 0.611 bits per heavy atom. The number of nitrogens with one attached hydrogen (secondary N) is 2. The Bertz CT molecular complexity index is 1250. The zero-order valence-electron chi connectivity index (χ0n) is 20.7. The number of benzene rings is 4. The van der Waals surface area contributed by atoms with Crippen LogP contribution in [0.25, 0.3) is 21.5 Å². The largest absolute Gasteiger partial charge is 0.356 e. The van der Waals surface area contributed by atoms with Gasteiger partial charge in [0.1, 0.15) is 0 Å². The van der Waals surface area contributed by atoms with Gasteiger partial charge in [0.25, 0.3) is 0 Å². The van der Waals surface area contributed by atoms with Crippen molar-refractivity contribution in [1.82, 2.24) is 10.6 Å². The molecule has 0 aromatic heterocycles. The molecular weight excluding hydrogens is 444 g/mol. The molecule has 1 fully saturated rings. The van der Waals surface area contributed by atoms with E-state index in [0.29, 0.717) is 37.8 Å². The van der Waals surface area contributed by atoms with E-state index in [2.05, 4.69) is 47.0 Å². The van der Waals surface area contributed by atoms with Gasteiger partial charge in [-0.3, -0.25) is 9.59 Å². The van der Waals surface area contributed by atoms with Crippen molar-refractivity contribution in [3.63, 3.8) is 0 Å². The molecule has 4 heteroatoms. The molecular formula is C32H34N2O2. The first-order chi connectivity index (χ1) is 17.7. The predicted molar refractivity (Wildman–Crippen MR) is 147 cm³/mol. The van der Waals surface area contributed by atoms with Crippen LogP contribution < -0.4 is 10.6 Å². The van der Waals surface area contributed by atoms with Gasteiger partial charge < -0.3 is 10.6 Å². The van der Waals surface area contributed by atoms with Crippen molar-refractivity contribution in [3.05, 3.63) is 96.1 Å². The quantitative estimate of drug-likeness (QED) is 0.335. The van der Waals surface area contributed by atoms with Crippen LogP contribution in [0.1, 0.15) is 36.8 Å². The molecule has 1 aliphatic rings. The normalized spacial score (nSPS) is 17.7. The summed E-state index contributed by atoms with van der Waals surface area (Å²) in [4.78, 5) is 25.4. The van der Waals surface area contributed by atoms with Gasteiger partial charge in [0.2, 0.25) is 11.8 Å². The highest BCUT2D eigenvalue weighted by atomic mass is 16.2. The molecule has 1 aliphatic carbocycles. The van der Waals surface area contributed by atoms with Crippen LogP contribution in [-0.2, 0) is 22.4 Å². The fraction of sp³-hybridized carbons (Fsp3) is 0.312. The van der Waals surface area contributed by atoms with Crippen LogP contribution in [0.3, 0.4) is 0 Å². The summed E-state index contributed by atoms with van der Waals surface area (Å²) < 4.78 is 0. The standard InChI is InChI=1S/C32H34N2O2/c35-31(19-27-14-6-12-25-10-1-3-16-29(25)27)33-21-23-8-5-9-24(18-23)22-34-32(36)20-28-15-7-13-26-11-2-4-17-30(26)28/h1-4,6-7,10-17,23-24H,5,8-9,18-22H2,(H,33,35)(H,34,36)/t23-,24+. The molecule has 0 aliphatic heterocycles. The molecule has 0 heterocycles. The Labute approximate surface area is 213 Å². The van der Waals surface area contributed by atoms with E-state index in [4.69, 9.17) is 0 Å². The molecule has 184 valence electrons. The molecule has 2 atom stereocenters. The predicted octanol–water partition coefficient (Wildman–Crippen LogP) is 5.82. The molecule has 0 unspecified atom stereocenters. The van der Waals surface area contributed by atoms with Gasteiger partial charge in [0, 0.05) is 13.1 Å². The topological polar surface area (TPSA) is 58.2 Å². The third kappa shape index (κ3) is 5.93. The average molecular weight is 479 g/mol. The van der Waals surface area contributed by atoms with E-state index in [1.165, 1.54) is 10.8 Å². The lowest BCUT2D eigenvalue weighted by molar-refractivity contribution is -0.121. The molecule has 4 aromatic rings. The summed E-state index contributed by atoms with van der Waals surface area (Å²) in [7, 11) is 0.